The van der Waals surface area contributed by atoms with Crippen molar-refractivity contribution in [1.82, 2.24) is 5.32 Å². The smallest absolute Gasteiger partial charge is 0.293 e. The fraction of sp³-hybridized carbons (Fsp3) is 0.111. The second-order valence-corrected chi connectivity index (χ2v) is 5.84. The van der Waals surface area contributed by atoms with Gasteiger partial charge in [0.1, 0.15) is 5.76 Å². The molecule has 2 aromatic rings. The average molecular weight is 362 g/mol. The van der Waals surface area contributed by atoms with Gasteiger partial charge in [-0.2, -0.15) is 0 Å². The van der Waals surface area contributed by atoms with Crippen LogP contribution in [0.5, 0.6) is 5.75 Å². The van der Waals surface area contributed by atoms with Crippen LogP contribution in [-0.2, 0) is 9.59 Å². The lowest BCUT2D eigenvalue weighted by molar-refractivity contribution is -0.133. The molecular weight excluding hydrogens is 349 g/mol. The Kier molecular flexibility index (Phi) is 4.46. The topological polar surface area (TPSA) is 75.6 Å². The molecule has 0 saturated carbocycles. The lowest BCUT2D eigenvalue weighted by atomic mass is 9.96. The molecule has 1 fully saturated rings. The molecule has 0 bridgehead atoms. The largest absolute Gasteiger partial charge is 0.507 e. The first-order chi connectivity index (χ1) is 11.9. The lowest BCUT2D eigenvalue weighted by Crippen LogP contribution is -2.21. The Morgan fingerprint density at radius 3 is 2.48 bits per heavy atom. The number of carbonyl (C=O) groups excluding carboxylic acids is 2. The minimum atomic E-state index is -0.867. The van der Waals surface area contributed by atoms with Crippen LogP contribution in [0.4, 0.5) is 4.39 Å². The second kappa shape index (κ2) is 6.57. The van der Waals surface area contributed by atoms with Gasteiger partial charge < -0.3 is 15.2 Å². The number of Topliss-reactive ketones (excluding diaryl/α,β-unsaturated/α-hetero) is 1. The number of ether oxygens (including phenoxy) is 1. The maximum atomic E-state index is 13.9. The number of amides is 1. The number of ketones is 1. The molecule has 2 N–H and O–H groups in total. The molecule has 7 heteroatoms. The number of halogens is 2. The van der Waals surface area contributed by atoms with Crippen LogP contribution in [0.15, 0.2) is 48.0 Å². The number of aliphatic hydroxyl groups excluding tert-OH is 1. The molecule has 128 valence electrons. The number of methoxy groups -OCH3 is 1. The Morgan fingerprint density at radius 2 is 1.88 bits per heavy atom. The normalized spacial score (nSPS) is 18.9. The van der Waals surface area contributed by atoms with E-state index in [-0.39, 0.29) is 16.9 Å². The van der Waals surface area contributed by atoms with Crippen molar-refractivity contribution in [2.45, 2.75) is 6.04 Å². The van der Waals surface area contributed by atoms with Gasteiger partial charge in [0.15, 0.2) is 11.6 Å². The van der Waals surface area contributed by atoms with Crippen molar-refractivity contribution in [1.29, 1.82) is 0 Å². The van der Waals surface area contributed by atoms with Crippen LogP contribution < -0.4 is 10.1 Å². The maximum Gasteiger partial charge on any atom is 0.293 e. The highest BCUT2D eigenvalue weighted by molar-refractivity contribution is 6.46. The van der Waals surface area contributed by atoms with E-state index in [0.717, 1.165) is 6.07 Å². The zero-order valence-corrected chi connectivity index (χ0v) is 13.8. The standard InChI is InChI=1S/C18H13ClFNO4/c1-25-13-7-4-10(8-12(13)20)16(22)14-15(21-18(24)17(14)23)9-2-5-11(19)6-3-9/h2-8,15,22H,1H3,(H,21,24)/t15-/m1/s1. The van der Waals surface area contributed by atoms with Gasteiger partial charge in [0, 0.05) is 10.6 Å². The Balaban J connectivity index is 2.10. The van der Waals surface area contributed by atoms with Crippen molar-refractivity contribution in [3.8, 4) is 5.75 Å². The highest BCUT2D eigenvalue weighted by Gasteiger charge is 2.39. The second-order valence-electron chi connectivity index (χ2n) is 5.40. The fourth-order valence-electron chi connectivity index (χ4n) is 2.64. The summed E-state index contributed by atoms with van der Waals surface area (Å²) in [6, 6.07) is 9.40. The molecule has 0 aliphatic carbocycles. The Labute approximate surface area is 147 Å². The average Bonchev–Trinajstić information content (AvgIpc) is 2.90. The number of benzene rings is 2. The molecule has 1 saturated heterocycles. The molecular formula is C18H13ClFNO4. The van der Waals surface area contributed by atoms with Crippen LogP contribution >= 0.6 is 11.6 Å². The molecule has 1 amide bonds. The number of aliphatic hydroxyl groups is 1. The van der Waals surface area contributed by atoms with E-state index >= 15 is 0 Å². The van der Waals surface area contributed by atoms with Crippen molar-refractivity contribution >= 4 is 29.1 Å². The summed E-state index contributed by atoms with van der Waals surface area (Å²) in [5, 5.41) is 13.5. The van der Waals surface area contributed by atoms with Crippen LogP contribution in [0.3, 0.4) is 0 Å². The number of hydrogen-bond donors (Lipinski definition) is 2. The number of rotatable bonds is 3. The molecule has 25 heavy (non-hydrogen) atoms. The van der Waals surface area contributed by atoms with E-state index in [1.54, 1.807) is 24.3 Å². The van der Waals surface area contributed by atoms with Gasteiger partial charge in [0.2, 0.25) is 0 Å². The van der Waals surface area contributed by atoms with E-state index in [2.05, 4.69) is 5.32 Å². The van der Waals surface area contributed by atoms with Crippen LogP contribution in [0.2, 0.25) is 5.02 Å². The fourth-order valence-corrected chi connectivity index (χ4v) is 2.77. The van der Waals surface area contributed by atoms with E-state index in [1.807, 2.05) is 0 Å². The Hall–Kier alpha value is -2.86. The van der Waals surface area contributed by atoms with Gasteiger partial charge in [-0.1, -0.05) is 23.7 Å². The molecule has 2 aromatic carbocycles. The Bertz CT molecular complexity index is 892. The summed E-state index contributed by atoms with van der Waals surface area (Å²) in [7, 11) is 1.32. The molecule has 1 heterocycles. The molecule has 0 radical (unpaired) electrons. The first-order valence-corrected chi connectivity index (χ1v) is 7.68. The zero-order chi connectivity index (χ0) is 18.1. The van der Waals surface area contributed by atoms with Crippen LogP contribution in [-0.4, -0.2) is 23.9 Å². The van der Waals surface area contributed by atoms with Crippen LogP contribution in [0, 0.1) is 5.82 Å². The molecule has 1 aliphatic rings. The summed E-state index contributed by atoms with van der Waals surface area (Å²) in [4.78, 5) is 24.0. The van der Waals surface area contributed by atoms with E-state index in [0.29, 0.717) is 10.6 Å². The monoisotopic (exact) mass is 361 g/mol. The van der Waals surface area contributed by atoms with Gasteiger partial charge in [-0.3, -0.25) is 9.59 Å². The quantitative estimate of drug-likeness (QED) is 0.500. The summed E-state index contributed by atoms with van der Waals surface area (Å²) >= 11 is 5.85. The van der Waals surface area contributed by atoms with Crippen molar-refractivity contribution in [2.75, 3.05) is 7.11 Å². The Morgan fingerprint density at radius 1 is 1.20 bits per heavy atom. The van der Waals surface area contributed by atoms with E-state index in [1.165, 1.54) is 19.2 Å². The van der Waals surface area contributed by atoms with Gasteiger partial charge in [0.25, 0.3) is 11.7 Å². The summed E-state index contributed by atoms with van der Waals surface area (Å²) in [6.07, 6.45) is 0. The predicted octanol–water partition coefficient (Wildman–Crippen LogP) is 3.20. The number of carbonyl (C=O) groups is 2. The first kappa shape index (κ1) is 17.0. The summed E-state index contributed by atoms with van der Waals surface area (Å²) < 4.78 is 18.7. The molecule has 3 rings (SSSR count). The summed E-state index contributed by atoms with van der Waals surface area (Å²) in [6.45, 7) is 0. The zero-order valence-electron chi connectivity index (χ0n) is 13.0. The number of hydrogen-bond acceptors (Lipinski definition) is 4. The number of nitrogens with one attached hydrogen (secondary N) is 1. The van der Waals surface area contributed by atoms with Crippen molar-refractivity contribution in [2.24, 2.45) is 0 Å². The van der Waals surface area contributed by atoms with Crippen molar-refractivity contribution < 1.29 is 23.8 Å². The molecule has 0 aromatic heterocycles. The van der Waals surface area contributed by atoms with E-state index < -0.39 is 29.3 Å². The predicted molar refractivity (Wildman–Crippen MR) is 89.8 cm³/mol. The van der Waals surface area contributed by atoms with Crippen molar-refractivity contribution in [3.63, 3.8) is 0 Å². The van der Waals surface area contributed by atoms with Gasteiger partial charge in [-0.25, -0.2) is 4.39 Å². The van der Waals surface area contributed by atoms with Gasteiger partial charge >= 0.3 is 0 Å². The third kappa shape index (κ3) is 3.08. The molecule has 5 nitrogen and oxygen atoms in total. The minimum absolute atomic E-state index is 0.00255. The highest BCUT2D eigenvalue weighted by atomic mass is 35.5. The molecule has 1 atom stereocenters. The first-order valence-electron chi connectivity index (χ1n) is 7.30. The third-order valence-corrected chi connectivity index (χ3v) is 4.15. The summed E-state index contributed by atoms with van der Waals surface area (Å²) in [5.41, 5.74) is 0.494. The maximum absolute atomic E-state index is 13.9. The van der Waals surface area contributed by atoms with Gasteiger partial charge in [-0.15, -0.1) is 0 Å². The van der Waals surface area contributed by atoms with Gasteiger partial charge in [-0.05, 0) is 35.9 Å². The van der Waals surface area contributed by atoms with Crippen LogP contribution in [0.1, 0.15) is 17.2 Å². The lowest BCUT2D eigenvalue weighted by Gasteiger charge is -2.14. The van der Waals surface area contributed by atoms with E-state index in [9.17, 15) is 19.1 Å². The van der Waals surface area contributed by atoms with E-state index in [4.69, 9.17) is 16.3 Å². The highest BCUT2D eigenvalue weighted by Crippen LogP contribution is 2.34. The third-order valence-electron chi connectivity index (χ3n) is 3.90. The van der Waals surface area contributed by atoms with Gasteiger partial charge in [0.05, 0.1) is 18.7 Å². The molecule has 0 spiro atoms. The minimum Gasteiger partial charge on any atom is -0.507 e. The molecule has 1 aliphatic heterocycles. The van der Waals surface area contributed by atoms with Crippen LogP contribution in [0.25, 0.3) is 5.76 Å². The van der Waals surface area contributed by atoms with Crippen molar-refractivity contribution in [3.05, 3.63) is 70.0 Å². The summed E-state index contributed by atoms with van der Waals surface area (Å²) in [5.74, 6) is -2.86. The molecule has 0 unspecified atom stereocenters. The SMILES string of the molecule is COc1ccc(C(O)=C2C(=O)C(=O)N[C@@H]2c2ccc(Cl)cc2)cc1F.